The van der Waals surface area contributed by atoms with E-state index in [1.54, 1.807) is 25.0 Å². The van der Waals surface area contributed by atoms with Crippen molar-refractivity contribution in [3.8, 4) is 5.75 Å². The SMILES string of the molecule is COc1ccc([C@](C)(O)[C@H]2CCCN2C(=O)c2cc(C)[nH]n2)cc1. The van der Waals surface area contributed by atoms with E-state index in [9.17, 15) is 9.90 Å². The van der Waals surface area contributed by atoms with Crippen LogP contribution in [0.5, 0.6) is 5.75 Å². The molecule has 1 aliphatic rings. The van der Waals surface area contributed by atoms with Gasteiger partial charge >= 0.3 is 0 Å². The van der Waals surface area contributed by atoms with Gasteiger partial charge in [0.1, 0.15) is 17.0 Å². The van der Waals surface area contributed by atoms with Gasteiger partial charge < -0.3 is 14.7 Å². The van der Waals surface area contributed by atoms with E-state index >= 15 is 0 Å². The quantitative estimate of drug-likeness (QED) is 0.902. The minimum atomic E-state index is -1.14. The molecule has 6 nitrogen and oxygen atoms in total. The smallest absolute Gasteiger partial charge is 0.274 e. The van der Waals surface area contributed by atoms with Crippen molar-refractivity contribution in [3.05, 3.63) is 47.3 Å². The summed E-state index contributed by atoms with van der Waals surface area (Å²) in [5, 5.41) is 18.0. The molecule has 2 N–H and O–H groups in total. The number of hydrogen-bond acceptors (Lipinski definition) is 4. The van der Waals surface area contributed by atoms with Gasteiger partial charge in [-0.25, -0.2) is 0 Å². The lowest BCUT2D eigenvalue weighted by Crippen LogP contribution is -2.48. The van der Waals surface area contributed by atoms with Crippen molar-refractivity contribution in [2.75, 3.05) is 13.7 Å². The van der Waals surface area contributed by atoms with Crippen molar-refractivity contribution >= 4 is 5.91 Å². The molecule has 6 heteroatoms. The van der Waals surface area contributed by atoms with E-state index in [-0.39, 0.29) is 11.9 Å². The fourth-order valence-corrected chi connectivity index (χ4v) is 3.39. The maximum Gasteiger partial charge on any atom is 0.274 e. The number of aryl methyl sites for hydroxylation is 1. The lowest BCUT2D eigenvalue weighted by Gasteiger charge is -2.36. The molecule has 0 saturated carbocycles. The van der Waals surface area contributed by atoms with Gasteiger partial charge in [0.15, 0.2) is 0 Å². The average molecular weight is 329 g/mol. The Kier molecular flexibility index (Phi) is 4.32. The normalized spacial score (nSPS) is 20.0. The summed E-state index contributed by atoms with van der Waals surface area (Å²) in [5.41, 5.74) is 0.871. The molecule has 3 rings (SSSR count). The zero-order valence-electron chi connectivity index (χ0n) is 14.2. The zero-order valence-corrected chi connectivity index (χ0v) is 14.2. The van der Waals surface area contributed by atoms with Gasteiger partial charge in [-0.3, -0.25) is 9.89 Å². The number of carbonyl (C=O) groups is 1. The third kappa shape index (κ3) is 2.89. The molecule has 1 fully saturated rings. The molecule has 24 heavy (non-hydrogen) atoms. The second-order valence-corrected chi connectivity index (χ2v) is 6.47. The Morgan fingerprint density at radius 3 is 2.71 bits per heavy atom. The van der Waals surface area contributed by atoms with Gasteiger partial charge in [0.25, 0.3) is 5.91 Å². The summed E-state index contributed by atoms with van der Waals surface area (Å²) < 4.78 is 5.17. The molecule has 0 unspecified atom stereocenters. The first-order chi connectivity index (χ1) is 11.4. The van der Waals surface area contributed by atoms with Crippen molar-refractivity contribution in [1.29, 1.82) is 0 Å². The molecule has 0 spiro atoms. The van der Waals surface area contributed by atoms with E-state index in [2.05, 4.69) is 10.2 Å². The van der Waals surface area contributed by atoms with Gasteiger partial charge in [0, 0.05) is 12.2 Å². The van der Waals surface area contributed by atoms with E-state index in [0.717, 1.165) is 29.8 Å². The van der Waals surface area contributed by atoms with E-state index in [0.29, 0.717) is 12.2 Å². The Balaban J connectivity index is 1.86. The third-order valence-electron chi connectivity index (χ3n) is 4.76. The van der Waals surface area contributed by atoms with Crippen LogP contribution in [0.25, 0.3) is 0 Å². The standard InChI is InChI=1S/C18H23N3O3/c1-12-11-15(20-19-12)17(22)21-10-4-5-16(21)18(2,23)13-6-8-14(24-3)9-7-13/h6-9,11,16,23H,4-5,10H2,1-3H3,(H,19,20)/t16-,18+/m1/s1. The van der Waals surface area contributed by atoms with Crippen LogP contribution in [0, 0.1) is 6.92 Å². The highest BCUT2D eigenvalue weighted by Crippen LogP contribution is 2.36. The fourth-order valence-electron chi connectivity index (χ4n) is 3.39. The van der Waals surface area contributed by atoms with Crippen molar-refractivity contribution in [2.24, 2.45) is 0 Å². The number of aromatic nitrogens is 2. The van der Waals surface area contributed by atoms with Gasteiger partial charge in [0.2, 0.25) is 0 Å². The number of H-pyrrole nitrogens is 1. The average Bonchev–Trinajstić information content (AvgIpc) is 3.23. The number of nitrogens with zero attached hydrogens (tertiary/aromatic N) is 2. The fraction of sp³-hybridized carbons (Fsp3) is 0.444. The molecular formula is C18H23N3O3. The van der Waals surface area contributed by atoms with Crippen LogP contribution in [0.15, 0.2) is 30.3 Å². The monoisotopic (exact) mass is 329 g/mol. The molecule has 2 aromatic rings. The second-order valence-electron chi connectivity index (χ2n) is 6.47. The summed E-state index contributed by atoms with van der Waals surface area (Å²) in [4.78, 5) is 14.5. The number of carbonyl (C=O) groups excluding carboxylic acids is 1. The molecule has 1 saturated heterocycles. The number of ether oxygens (including phenoxy) is 1. The first-order valence-corrected chi connectivity index (χ1v) is 8.13. The first-order valence-electron chi connectivity index (χ1n) is 8.13. The van der Waals surface area contributed by atoms with Crippen molar-refractivity contribution < 1.29 is 14.6 Å². The lowest BCUT2D eigenvalue weighted by atomic mass is 9.86. The van der Waals surface area contributed by atoms with E-state index < -0.39 is 5.60 Å². The molecular weight excluding hydrogens is 306 g/mol. The Hall–Kier alpha value is -2.34. The van der Waals surface area contributed by atoms with Gasteiger partial charge in [-0.1, -0.05) is 12.1 Å². The van der Waals surface area contributed by atoms with Gasteiger partial charge in [-0.15, -0.1) is 0 Å². The van der Waals surface area contributed by atoms with Crippen LogP contribution in [0.3, 0.4) is 0 Å². The number of likely N-dealkylation sites (tertiary alicyclic amines) is 1. The Morgan fingerprint density at radius 2 is 2.12 bits per heavy atom. The number of rotatable bonds is 4. The predicted molar refractivity (Wildman–Crippen MR) is 89.9 cm³/mol. The highest BCUT2D eigenvalue weighted by Gasteiger charge is 2.43. The molecule has 128 valence electrons. The second kappa shape index (κ2) is 6.28. The van der Waals surface area contributed by atoms with Crippen LogP contribution in [-0.2, 0) is 5.60 Å². The molecule has 1 aromatic heterocycles. The summed E-state index contributed by atoms with van der Waals surface area (Å²) in [6.45, 7) is 4.25. The summed E-state index contributed by atoms with van der Waals surface area (Å²) >= 11 is 0. The van der Waals surface area contributed by atoms with Crippen LogP contribution >= 0.6 is 0 Å². The van der Waals surface area contributed by atoms with E-state index in [1.165, 1.54) is 0 Å². The lowest BCUT2D eigenvalue weighted by molar-refractivity contribution is -0.0179. The molecule has 2 atom stereocenters. The number of hydrogen-bond donors (Lipinski definition) is 2. The molecule has 1 aromatic carbocycles. The van der Waals surface area contributed by atoms with Crippen molar-refractivity contribution in [1.82, 2.24) is 15.1 Å². The van der Waals surface area contributed by atoms with Crippen LogP contribution in [0.1, 0.15) is 41.5 Å². The molecule has 1 amide bonds. The van der Waals surface area contributed by atoms with Crippen LogP contribution in [0.2, 0.25) is 0 Å². The highest BCUT2D eigenvalue weighted by molar-refractivity contribution is 5.92. The Bertz CT molecular complexity index is 721. The summed E-state index contributed by atoms with van der Waals surface area (Å²) in [6, 6.07) is 8.79. The minimum Gasteiger partial charge on any atom is -0.497 e. The van der Waals surface area contributed by atoms with Crippen LogP contribution < -0.4 is 4.74 Å². The predicted octanol–water partition coefficient (Wildman–Crippen LogP) is 2.24. The maximum atomic E-state index is 12.8. The maximum absolute atomic E-state index is 12.8. The topological polar surface area (TPSA) is 78.5 Å². The largest absolute Gasteiger partial charge is 0.497 e. The number of amides is 1. The molecule has 0 bridgehead atoms. The number of aromatic amines is 1. The summed E-state index contributed by atoms with van der Waals surface area (Å²) in [5.74, 6) is 0.594. The number of benzene rings is 1. The van der Waals surface area contributed by atoms with Gasteiger partial charge in [-0.05, 0) is 50.5 Å². The van der Waals surface area contributed by atoms with Crippen molar-refractivity contribution in [3.63, 3.8) is 0 Å². The minimum absolute atomic E-state index is 0.143. The number of methoxy groups -OCH3 is 1. The number of nitrogens with one attached hydrogen (secondary N) is 1. The summed E-state index contributed by atoms with van der Waals surface area (Å²) in [6.07, 6.45) is 1.63. The van der Waals surface area contributed by atoms with Gasteiger partial charge in [0.05, 0.1) is 13.2 Å². The first kappa shape index (κ1) is 16.5. The number of aliphatic hydroxyl groups is 1. The Labute approximate surface area is 141 Å². The highest BCUT2D eigenvalue weighted by atomic mass is 16.5. The van der Waals surface area contributed by atoms with E-state index in [4.69, 9.17) is 4.74 Å². The summed E-state index contributed by atoms with van der Waals surface area (Å²) in [7, 11) is 1.61. The molecule has 2 heterocycles. The molecule has 0 aliphatic carbocycles. The van der Waals surface area contributed by atoms with Gasteiger partial charge in [-0.2, -0.15) is 5.10 Å². The Morgan fingerprint density at radius 1 is 1.42 bits per heavy atom. The molecule has 0 radical (unpaired) electrons. The van der Waals surface area contributed by atoms with E-state index in [1.807, 2.05) is 31.2 Å². The van der Waals surface area contributed by atoms with Crippen LogP contribution in [0.4, 0.5) is 0 Å². The van der Waals surface area contributed by atoms with Crippen LogP contribution in [-0.4, -0.2) is 45.8 Å². The molecule has 1 aliphatic heterocycles. The zero-order chi connectivity index (χ0) is 17.3. The third-order valence-corrected chi connectivity index (χ3v) is 4.76. The van der Waals surface area contributed by atoms with Crippen molar-refractivity contribution in [2.45, 2.75) is 38.3 Å².